The number of fused-ring (bicyclic) bond motifs is 1. The van der Waals surface area contributed by atoms with Gasteiger partial charge in [-0.1, -0.05) is 29.8 Å². The smallest absolute Gasteiger partial charge is 0.418 e. The van der Waals surface area contributed by atoms with E-state index in [0.717, 1.165) is 62.9 Å². The highest BCUT2D eigenvalue weighted by Crippen LogP contribution is 2.38. The number of hydrogen-bond donors (Lipinski definition) is 2. The number of hydrogen-bond acceptors (Lipinski definition) is 10. The highest BCUT2D eigenvalue weighted by atomic mass is 35.5. The monoisotopic (exact) mass is 860 g/mol. The van der Waals surface area contributed by atoms with Crippen LogP contribution in [0.3, 0.4) is 0 Å². The lowest BCUT2D eigenvalue weighted by Crippen LogP contribution is -2.57. The van der Waals surface area contributed by atoms with Gasteiger partial charge in [0.25, 0.3) is 5.91 Å². The molecule has 0 radical (unpaired) electrons. The van der Waals surface area contributed by atoms with Crippen molar-refractivity contribution in [2.45, 2.75) is 75.7 Å². The van der Waals surface area contributed by atoms with Crippen molar-refractivity contribution in [3.8, 4) is 0 Å². The van der Waals surface area contributed by atoms with Crippen LogP contribution in [-0.4, -0.2) is 163 Å². The Hall–Kier alpha value is -4.32. The second-order valence-corrected chi connectivity index (χ2v) is 16.9. The summed E-state index contributed by atoms with van der Waals surface area (Å²) in [4.78, 5) is 65.2. The van der Waals surface area contributed by atoms with Crippen molar-refractivity contribution < 1.29 is 41.8 Å². The number of benzene rings is 2. The van der Waals surface area contributed by atoms with Gasteiger partial charge >= 0.3 is 24.3 Å². The molecule has 2 aromatic rings. The summed E-state index contributed by atoms with van der Waals surface area (Å²) >= 11 is 6.15. The van der Waals surface area contributed by atoms with E-state index in [1.54, 1.807) is 9.80 Å². The number of para-hydroxylation sites is 1. The number of nitrogens with two attached hydrogens (primary N) is 1. The van der Waals surface area contributed by atoms with Crippen LogP contribution >= 0.6 is 11.6 Å². The molecule has 2 aromatic carbocycles. The predicted octanol–water partition coefficient (Wildman–Crippen LogP) is 4.79. The second-order valence-electron chi connectivity index (χ2n) is 16.5. The normalized spacial score (nSPS) is 21.0. The third kappa shape index (κ3) is 10.9. The van der Waals surface area contributed by atoms with Crippen LogP contribution in [0.4, 0.5) is 34.1 Å². The fraction of sp³-hybridized carbons (Fsp3) is 0.619. The number of rotatable bonds is 11. The summed E-state index contributed by atoms with van der Waals surface area (Å²) in [6, 6.07) is 9.75. The van der Waals surface area contributed by atoms with Gasteiger partial charge in [0.1, 0.15) is 6.61 Å². The molecule has 1 atom stereocenters. The SMILES string of the molecule is Nc1c(Cl)cc(CC(OC(=O)N2CCC(N3CCc4ccccc4NC3=O)CC2)C(=O)N2CCN(C3CCN(CC(=O)OCCN4CCCC4)CC3)CC2)cc1C(F)(F)F. The summed E-state index contributed by atoms with van der Waals surface area (Å²) in [5.74, 6) is -0.706. The number of halogens is 4. The maximum Gasteiger partial charge on any atom is 0.418 e. The number of amides is 4. The molecule has 60 heavy (non-hydrogen) atoms. The number of anilines is 2. The Kier molecular flexibility index (Phi) is 14.3. The second kappa shape index (κ2) is 19.6. The first-order valence-electron chi connectivity index (χ1n) is 21.2. The van der Waals surface area contributed by atoms with Crippen molar-refractivity contribution in [3.63, 3.8) is 0 Å². The molecule has 5 aliphatic rings. The van der Waals surface area contributed by atoms with Crippen molar-refractivity contribution in [1.29, 1.82) is 0 Å². The predicted molar refractivity (Wildman–Crippen MR) is 220 cm³/mol. The lowest BCUT2D eigenvalue weighted by molar-refractivity contribution is -0.145. The topological polar surface area (TPSA) is 144 Å². The number of piperazine rings is 1. The summed E-state index contributed by atoms with van der Waals surface area (Å²) in [7, 11) is 0. The van der Waals surface area contributed by atoms with E-state index in [1.165, 1.54) is 23.8 Å². The lowest BCUT2D eigenvalue weighted by atomic mass is 10.0. The Morgan fingerprint density at radius 3 is 2.23 bits per heavy atom. The van der Waals surface area contributed by atoms with Crippen molar-refractivity contribution in [2.24, 2.45) is 0 Å². The molecule has 4 fully saturated rings. The van der Waals surface area contributed by atoms with Crippen molar-refractivity contribution >= 4 is 47.0 Å². The maximum absolute atomic E-state index is 14.2. The Balaban J connectivity index is 0.933. The molecular formula is C42H56ClF3N8O6. The van der Waals surface area contributed by atoms with Gasteiger partial charge < -0.3 is 35.2 Å². The number of piperidine rings is 2. The molecule has 5 heterocycles. The van der Waals surface area contributed by atoms with Crippen LogP contribution in [0.15, 0.2) is 36.4 Å². The number of urea groups is 1. The molecule has 4 saturated heterocycles. The number of carbonyl (C=O) groups excluding carboxylic acids is 4. The highest BCUT2D eigenvalue weighted by Gasteiger charge is 2.38. The van der Waals surface area contributed by atoms with E-state index >= 15 is 0 Å². The van der Waals surface area contributed by atoms with E-state index in [2.05, 4.69) is 20.0 Å². The van der Waals surface area contributed by atoms with Crippen LogP contribution in [0.5, 0.6) is 0 Å². The van der Waals surface area contributed by atoms with Gasteiger partial charge in [-0.2, -0.15) is 13.2 Å². The van der Waals surface area contributed by atoms with E-state index in [4.69, 9.17) is 26.8 Å². The van der Waals surface area contributed by atoms with Crippen LogP contribution in [0.1, 0.15) is 55.2 Å². The Morgan fingerprint density at radius 2 is 1.53 bits per heavy atom. The minimum Gasteiger partial charge on any atom is -0.463 e. The van der Waals surface area contributed by atoms with Crippen LogP contribution in [0.2, 0.25) is 5.02 Å². The standard InChI is InChI=1S/C42H56ClF3N8O6/c43-34-26-29(25-33(38(34)47)42(44,45)46)27-36(60-41(58)53-16-10-32(11-17-53)54-18-7-30-5-1-2-6-35(30)48-40(54)57)39(56)52-21-19-51(20-22-52)31-8-14-50(15-9-31)28-37(55)59-24-23-49-12-3-4-13-49/h1-2,5-6,25-26,31-32,36H,3-4,7-24,27-28,47H2,(H,48,57). The average Bonchev–Trinajstić information content (AvgIpc) is 3.69. The molecule has 3 N–H and O–H groups in total. The zero-order valence-electron chi connectivity index (χ0n) is 34.0. The van der Waals surface area contributed by atoms with E-state index in [9.17, 15) is 32.3 Å². The number of alkyl halides is 3. The Bertz CT molecular complexity index is 1840. The molecule has 328 valence electrons. The van der Waals surface area contributed by atoms with Gasteiger partial charge in [-0.15, -0.1) is 0 Å². The number of likely N-dealkylation sites (tertiary alicyclic amines) is 3. The van der Waals surface area contributed by atoms with E-state index in [-0.39, 0.29) is 60.7 Å². The minimum atomic E-state index is -4.79. The zero-order valence-corrected chi connectivity index (χ0v) is 34.7. The first kappa shape index (κ1) is 43.8. The molecule has 14 nitrogen and oxygen atoms in total. The van der Waals surface area contributed by atoms with Crippen molar-refractivity contribution in [2.75, 3.05) is 103 Å². The molecule has 0 aromatic heterocycles. The van der Waals surface area contributed by atoms with E-state index in [1.807, 2.05) is 24.3 Å². The zero-order chi connectivity index (χ0) is 42.4. The number of ether oxygens (including phenoxy) is 2. The number of nitrogens with one attached hydrogen (secondary N) is 1. The van der Waals surface area contributed by atoms with Gasteiger partial charge in [-0.05, 0) is 87.4 Å². The summed E-state index contributed by atoms with van der Waals surface area (Å²) in [6.45, 7) is 7.99. The summed E-state index contributed by atoms with van der Waals surface area (Å²) in [5.41, 5.74) is 5.84. The van der Waals surface area contributed by atoms with Crippen molar-refractivity contribution in [1.82, 2.24) is 29.4 Å². The third-order valence-electron chi connectivity index (χ3n) is 12.7. The van der Waals surface area contributed by atoms with Gasteiger partial charge in [0, 0.05) is 89.6 Å². The van der Waals surface area contributed by atoms with Gasteiger partial charge in [0.2, 0.25) is 0 Å². The Labute approximate surface area is 354 Å². The van der Waals surface area contributed by atoms with Crippen LogP contribution < -0.4 is 11.1 Å². The first-order chi connectivity index (χ1) is 28.8. The molecule has 0 saturated carbocycles. The highest BCUT2D eigenvalue weighted by molar-refractivity contribution is 6.33. The fourth-order valence-electron chi connectivity index (χ4n) is 9.19. The largest absolute Gasteiger partial charge is 0.463 e. The average molecular weight is 861 g/mol. The van der Waals surface area contributed by atoms with Crippen molar-refractivity contribution in [3.05, 3.63) is 58.1 Å². The van der Waals surface area contributed by atoms with Gasteiger partial charge in [-0.3, -0.25) is 24.3 Å². The van der Waals surface area contributed by atoms with Gasteiger partial charge in [-0.25, -0.2) is 9.59 Å². The molecule has 0 spiro atoms. The molecule has 5 aliphatic heterocycles. The van der Waals surface area contributed by atoms with Crippen LogP contribution in [0, 0.1) is 0 Å². The van der Waals surface area contributed by atoms with E-state index in [0.29, 0.717) is 58.6 Å². The molecule has 7 rings (SSSR count). The summed E-state index contributed by atoms with van der Waals surface area (Å²) in [6.07, 6.45) is -1.51. The molecule has 18 heteroatoms. The fourth-order valence-corrected chi connectivity index (χ4v) is 9.43. The first-order valence-corrected chi connectivity index (χ1v) is 21.6. The summed E-state index contributed by atoms with van der Waals surface area (Å²) < 4.78 is 53.2. The number of nitrogens with zero attached hydrogens (tertiary/aromatic N) is 6. The molecule has 1 unspecified atom stereocenters. The molecule has 0 aliphatic carbocycles. The minimum absolute atomic E-state index is 0.0559. The molecule has 0 bridgehead atoms. The molecular weight excluding hydrogens is 805 g/mol. The molecule has 4 amide bonds. The number of carbonyl (C=O) groups is 4. The van der Waals surface area contributed by atoms with Crippen LogP contribution in [0.25, 0.3) is 0 Å². The van der Waals surface area contributed by atoms with Gasteiger partial charge in [0.05, 0.1) is 22.8 Å². The number of esters is 1. The van der Waals surface area contributed by atoms with Crippen LogP contribution in [-0.2, 0) is 38.1 Å². The third-order valence-corrected chi connectivity index (χ3v) is 13.0. The van der Waals surface area contributed by atoms with Gasteiger partial charge in [0.15, 0.2) is 6.10 Å². The number of nitrogen functional groups attached to an aromatic ring is 1. The lowest BCUT2D eigenvalue weighted by Gasteiger charge is -2.43. The maximum atomic E-state index is 14.2. The Morgan fingerprint density at radius 1 is 0.850 bits per heavy atom. The quantitative estimate of drug-likeness (QED) is 0.239. The van der Waals surface area contributed by atoms with E-state index < -0.39 is 35.5 Å². The summed E-state index contributed by atoms with van der Waals surface area (Å²) in [5, 5.41) is 2.68.